The Hall–Kier alpha value is -0.666. The Kier molecular flexibility index (Phi) is 7.68. The fourth-order valence-corrected chi connectivity index (χ4v) is 2.45. The molecule has 1 rings (SSSR count). The molecule has 0 spiro atoms. The minimum Gasteiger partial charge on any atom is -0.687 e. The molecular formula is C14H20ClLiN2OSi. The van der Waals surface area contributed by atoms with Crippen LogP contribution in [-0.2, 0) is 4.79 Å². The van der Waals surface area contributed by atoms with Crippen LogP contribution in [0.1, 0.15) is 5.56 Å². The van der Waals surface area contributed by atoms with Crippen molar-refractivity contribution in [2.75, 3.05) is 14.1 Å². The molecule has 6 heteroatoms. The van der Waals surface area contributed by atoms with Gasteiger partial charge in [-0.1, -0.05) is 43.4 Å². The first kappa shape index (κ1) is 19.3. The van der Waals surface area contributed by atoms with E-state index in [0.717, 1.165) is 11.3 Å². The molecule has 0 saturated carbocycles. The zero-order chi connectivity index (χ0) is 14.6. The minimum absolute atomic E-state index is 0. The number of benzene rings is 1. The predicted molar refractivity (Wildman–Crippen MR) is 84.8 cm³/mol. The number of halogens is 1. The largest absolute Gasteiger partial charge is 1.00 e. The summed E-state index contributed by atoms with van der Waals surface area (Å²) >= 11 is 5.89. The molecule has 0 N–H and O–H groups in total. The van der Waals surface area contributed by atoms with Gasteiger partial charge in [0, 0.05) is 19.1 Å². The fourth-order valence-electron chi connectivity index (χ4n) is 1.41. The Morgan fingerprint density at radius 2 is 1.70 bits per heavy atom. The molecule has 3 nitrogen and oxygen atoms in total. The molecule has 1 amide bonds. The zero-order valence-electron chi connectivity index (χ0n) is 13.1. The number of hydrogen-bond donors (Lipinski definition) is 0. The number of likely N-dealkylation sites (N-methyl/N-ethyl adjacent to an activating group) is 1. The molecular weight excluding hydrogens is 283 g/mol. The van der Waals surface area contributed by atoms with Gasteiger partial charge in [-0.25, -0.2) is 0 Å². The van der Waals surface area contributed by atoms with Crippen molar-refractivity contribution in [3.05, 3.63) is 45.9 Å². The van der Waals surface area contributed by atoms with Crippen LogP contribution in [-0.4, -0.2) is 33.1 Å². The topological polar surface area (TPSA) is 34.4 Å². The van der Waals surface area contributed by atoms with E-state index in [0.29, 0.717) is 5.02 Å². The summed E-state index contributed by atoms with van der Waals surface area (Å²) in [6.45, 7) is 6.41. The maximum atomic E-state index is 11.9. The van der Waals surface area contributed by atoms with E-state index in [2.05, 4.69) is 19.6 Å². The summed E-state index contributed by atoms with van der Waals surface area (Å²) < 4.78 is 0. The molecule has 0 bridgehead atoms. The van der Waals surface area contributed by atoms with Crippen LogP contribution < -0.4 is 18.9 Å². The number of carbonyl (C=O) groups excluding carboxylic acids is 1. The molecule has 0 aromatic heterocycles. The minimum atomic E-state index is -1.67. The zero-order valence-corrected chi connectivity index (χ0v) is 14.8. The molecule has 20 heavy (non-hydrogen) atoms. The third-order valence-corrected chi connectivity index (χ3v) is 3.46. The molecule has 0 aliphatic heterocycles. The second kappa shape index (κ2) is 7.94. The summed E-state index contributed by atoms with van der Waals surface area (Å²) in [5, 5.41) is 0.676. The molecule has 0 fully saturated rings. The molecule has 1 aromatic rings. The average Bonchev–Trinajstić information content (AvgIpc) is 2.27. The summed E-state index contributed by atoms with van der Waals surface area (Å²) in [5.74, 6) is -0.0630. The van der Waals surface area contributed by atoms with Crippen molar-refractivity contribution >= 4 is 31.4 Å². The van der Waals surface area contributed by atoms with Crippen molar-refractivity contribution in [1.82, 2.24) is 4.90 Å². The first-order valence-corrected chi connectivity index (χ1v) is 9.93. The number of carbonyl (C=O) groups is 1. The predicted octanol–water partition coefficient (Wildman–Crippen LogP) is 0.982. The van der Waals surface area contributed by atoms with E-state index < -0.39 is 8.24 Å². The van der Waals surface area contributed by atoms with Gasteiger partial charge in [0.15, 0.2) is 0 Å². The van der Waals surface area contributed by atoms with Crippen LogP contribution in [0, 0.1) is 0 Å². The average molecular weight is 303 g/mol. The molecule has 0 radical (unpaired) electrons. The molecule has 0 atom stereocenters. The SMILES string of the molecule is CN(C)C(=O)/C=C(/[N-][Si](C)(C)C)c1ccc(Cl)cc1.[Li+]. The number of nitrogens with zero attached hydrogens (tertiary/aromatic N) is 2. The van der Waals surface area contributed by atoms with Crippen LogP contribution in [0.4, 0.5) is 0 Å². The second-order valence-electron chi connectivity index (χ2n) is 5.55. The van der Waals surface area contributed by atoms with Gasteiger partial charge in [-0.15, -0.1) is 5.70 Å². The molecule has 104 valence electrons. The van der Waals surface area contributed by atoms with E-state index >= 15 is 0 Å². The summed E-state index contributed by atoms with van der Waals surface area (Å²) in [5.41, 5.74) is 1.65. The first-order chi connectivity index (χ1) is 8.69. The van der Waals surface area contributed by atoms with E-state index in [1.165, 1.54) is 4.90 Å². The van der Waals surface area contributed by atoms with Gasteiger partial charge in [0.25, 0.3) is 0 Å². The maximum Gasteiger partial charge on any atom is 1.00 e. The van der Waals surface area contributed by atoms with Crippen LogP contribution >= 0.6 is 11.6 Å². The molecule has 0 unspecified atom stereocenters. The Bertz CT molecular complexity index is 481. The Morgan fingerprint density at radius 1 is 1.20 bits per heavy atom. The standard InChI is InChI=1S/C14H21ClN2OSi.Li/c1-17(2)14(18)10-13(16-19(3,4)5)11-6-8-12(15)9-7-11;/h6-10H,1-5H3,(H,16,18);/q;+1/p-1. The van der Waals surface area contributed by atoms with Crippen LogP contribution in [0.3, 0.4) is 0 Å². The fraction of sp³-hybridized carbons (Fsp3) is 0.357. The van der Waals surface area contributed by atoms with Crippen molar-refractivity contribution in [2.45, 2.75) is 19.6 Å². The third-order valence-electron chi connectivity index (χ3n) is 2.30. The van der Waals surface area contributed by atoms with Crippen molar-refractivity contribution in [2.24, 2.45) is 0 Å². The van der Waals surface area contributed by atoms with E-state index in [9.17, 15) is 4.79 Å². The van der Waals surface area contributed by atoms with Gasteiger partial charge >= 0.3 is 18.9 Å². The second-order valence-corrected chi connectivity index (χ2v) is 10.6. The van der Waals surface area contributed by atoms with Gasteiger partial charge in [0.2, 0.25) is 5.91 Å². The van der Waals surface area contributed by atoms with Gasteiger partial charge in [-0.3, -0.25) is 4.79 Å². The normalized spacial score (nSPS) is 11.6. The van der Waals surface area contributed by atoms with Crippen LogP contribution in [0.5, 0.6) is 0 Å². The van der Waals surface area contributed by atoms with Crippen LogP contribution in [0.25, 0.3) is 10.7 Å². The van der Waals surface area contributed by atoms with Gasteiger partial charge in [0.1, 0.15) is 0 Å². The van der Waals surface area contributed by atoms with Crippen molar-refractivity contribution < 1.29 is 23.7 Å². The maximum absolute atomic E-state index is 11.9. The smallest absolute Gasteiger partial charge is 0.687 e. The van der Waals surface area contributed by atoms with Gasteiger partial charge in [-0.2, -0.15) is 0 Å². The molecule has 0 heterocycles. The summed E-state index contributed by atoms with van der Waals surface area (Å²) in [6, 6.07) is 7.40. The summed E-state index contributed by atoms with van der Waals surface area (Å²) in [7, 11) is 1.79. The Labute approximate surface area is 139 Å². The number of amides is 1. The Morgan fingerprint density at radius 3 is 2.10 bits per heavy atom. The van der Waals surface area contributed by atoms with E-state index in [1.807, 2.05) is 24.3 Å². The monoisotopic (exact) mass is 302 g/mol. The molecule has 0 saturated heterocycles. The van der Waals surface area contributed by atoms with Crippen LogP contribution in [0.2, 0.25) is 24.7 Å². The third kappa shape index (κ3) is 6.67. The Balaban J connectivity index is 0.00000361. The van der Waals surface area contributed by atoms with Crippen molar-refractivity contribution in [3.8, 4) is 0 Å². The summed E-state index contributed by atoms with van der Waals surface area (Å²) in [4.78, 5) is 18.1. The van der Waals surface area contributed by atoms with E-state index in [-0.39, 0.29) is 24.8 Å². The molecule has 0 aliphatic rings. The van der Waals surface area contributed by atoms with E-state index in [4.69, 9.17) is 16.6 Å². The van der Waals surface area contributed by atoms with Crippen molar-refractivity contribution in [1.29, 1.82) is 0 Å². The van der Waals surface area contributed by atoms with Gasteiger partial charge in [-0.05, 0) is 32.0 Å². The number of hydrogen-bond acceptors (Lipinski definition) is 1. The first-order valence-electron chi connectivity index (χ1n) is 6.11. The summed E-state index contributed by atoms with van der Waals surface area (Å²) in [6.07, 6.45) is 1.58. The van der Waals surface area contributed by atoms with Crippen LogP contribution in [0.15, 0.2) is 30.3 Å². The molecule has 0 aliphatic carbocycles. The van der Waals surface area contributed by atoms with Gasteiger partial charge in [0.05, 0.1) is 0 Å². The van der Waals surface area contributed by atoms with Crippen molar-refractivity contribution in [3.63, 3.8) is 0 Å². The van der Waals surface area contributed by atoms with E-state index in [1.54, 1.807) is 20.2 Å². The number of rotatable bonds is 4. The molecule has 1 aromatic carbocycles. The van der Waals surface area contributed by atoms with Gasteiger partial charge < -0.3 is 9.88 Å². The quantitative estimate of drug-likeness (QED) is 0.603.